The Kier molecular flexibility index (Phi) is 10.8. The van der Waals surface area contributed by atoms with E-state index in [0.29, 0.717) is 28.6 Å². The monoisotopic (exact) mass is 587 g/mol. The number of nitrogens with one attached hydrogen (secondary N) is 1. The molecule has 11 heteroatoms. The van der Waals surface area contributed by atoms with E-state index in [1.165, 1.54) is 31.3 Å². The summed E-state index contributed by atoms with van der Waals surface area (Å²) in [6, 6.07) is 20.0. The molecule has 0 bridgehead atoms. The summed E-state index contributed by atoms with van der Waals surface area (Å²) in [4.78, 5) is 28.8. The average Bonchev–Trinajstić information content (AvgIpc) is 2.94. The van der Waals surface area contributed by atoms with Crippen molar-refractivity contribution in [1.29, 1.82) is 0 Å². The maximum atomic E-state index is 14.0. The minimum atomic E-state index is -3.92. The van der Waals surface area contributed by atoms with Gasteiger partial charge in [-0.25, -0.2) is 8.42 Å². The third-order valence-corrected chi connectivity index (χ3v) is 7.76. The Morgan fingerprint density at radius 1 is 0.950 bits per heavy atom. The van der Waals surface area contributed by atoms with Gasteiger partial charge in [-0.3, -0.25) is 13.9 Å². The van der Waals surface area contributed by atoms with E-state index in [1.807, 2.05) is 30.3 Å². The van der Waals surface area contributed by atoms with Gasteiger partial charge in [0.2, 0.25) is 21.8 Å². The van der Waals surface area contributed by atoms with Gasteiger partial charge in [0.25, 0.3) is 0 Å². The average molecular weight is 588 g/mol. The molecule has 1 atom stereocenters. The van der Waals surface area contributed by atoms with E-state index in [4.69, 9.17) is 21.1 Å². The summed E-state index contributed by atoms with van der Waals surface area (Å²) < 4.78 is 37.5. The molecule has 0 aliphatic carbocycles. The second-order valence-electron chi connectivity index (χ2n) is 9.02. The maximum Gasteiger partial charge on any atom is 0.244 e. The SMILES string of the molecule is CCNC(=O)[C@@H](Cc1ccccc1)N(Cc1ccccc1Cl)C(=O)CN(c1ccc(OC)c(OC)c1)S(C)(=O)=O. The van der Waals surface area contributed by atoms with E-state index in [9.17, 15) is 18.0 Å². The molecule has 0 aliphatic rings. The third kappa shape index (κ3) is 7.89. The highest BCUT2D eigenvalue weighted by molar-refractivity contribution is 7.92. The van der Waals surface area contributed by atoms with Crippen LogP contribution in [-0.4, -0.2) is 64.7 Å². The molecule has 0 spiro atoms. The topological polar surface area (TPSA) is 105 Å². The van der Waals surface area contributed by atoms with Gasteiger partial charge in [-0.2, -0.15) is 0 Å². The van der Waals surface area contributed by atoms with Gasteiger partial charge in [-0.05, 0) is 36.2 Å². The number of carbonyl (C=O) groups is 2. The first-order valence-electron chi connectivity index (χ1n) is 12.6. The molecule has 3 rings (SSSR count). The molecule has 0 saturated carbocycles. The number of hydrogen-bond donors (Lipinski definition) is 1. The van der Waals surface area contributed by atoms with E-state index in [2.05, 4.69) is 5.32 Å². The van der Waals surface area contributed by atoms with E-state index < -0.39 is 28.5 Å². The lowest BCUT2D eigenvalue weighted by molar-refractivity contribution is -0.140. The summed E-state index contributed by atoms with van der Waals surface area (Å²) in [5, 5.41) is 3.24. The van der Waals surface area contributed by atoms with Crippen LogP contribution in [0.5, 0.6) is 11.5 Å². The highest BCUT2D eigenvalue weighted by Crippen LogP contribution is 2.32. The zero-order valence-corrected chi connectivity index (χ0v) is 24.5. The number of hydrogen-bond acceptors (Lipinski definition) is 6. The Balaban J connectivity index is 2.07. The number of ether oxygens (including phenoxy) is 2. The van der Waals surface area contributed by atoms with E-state index in [0.717, 1.165) is 16.1 Å². The van der Waals surface area contributed by atoms with Crippen molar-refractivity contribution in [3.8, 4) is 11.5 Å². The van der Waals surface area contributed by atoms with Crippen LogP contribution in [0.2, 0.25) is 5.02 Å². The van der Waals surface area contributed by atoms with Gasteiger partial charge in [-0.15, -0.1) is 0 Å². The molecule has 40 heavy (non-hydrogen) atoms. The predicted molar refractivity (Wildman–Crippen MR) is 156 cm³/mol. The summed E-state index contributed by atoms with van der Waals surface area (Å²) >= 11 is 6.44. The highest BCUT2D eigenvalue weighted by Gasteiger charge is 2.33. The van der Waals surface area contributed by atoms with Gasteiger partial charge < -0.3 is 19.7 Å². The van der Waals surface area contributed by atoms with Crippen molar-refractivity contribution in [3.63, 3.8) is 0 Å². The molecule has 9 nitrogen and oxygen atoms in total. The first-order chi connectivity index (χ1) is 19.1. The predicted octanol–water partition coefficient (Wildman–Crippen LogP) is 3.90. The van der Waals surface area contributed by atoms with Crippen LogP contribution in [0.4, 0.5) is 5.69 Å². The van der Waals surface area contributed by atoms with Crippen molar-refractivity contribution in [1.82, 2.24) is 10.2 Å². The van der Waals surface area contributed by atoms with Crippen molar-refractivity contribution >= 4 is 39.1 Å². The van der Waals surface area contributed by atoms with Crippen LogP contribution in [0.15, 0.2) is 72.8 Å². The maximum absolute atomic E-state index is 14.0. The number of carbonyl (C=O) groups excluding carboxylic acids is 2. The van der Waals surface area contributed by atoms with Gasteiger partial charge in [0.05, 0.1) is 26.2 Å². The second-order valence-corrected chi connectivity index (χ2v) is 11.3. The number of benzene rings is 3. The fraction of sp³-hybridized carbons (Fsp3) is 0.310. The third-order valence-electron chi connectivity index (χ3n) is 6.25. The number of anilines is 1. The standard InChI is InChI=1S/C29H34ClN3O6S/c1-5-31-29(35)25(17-21-11-7-6-8-12-21)32(19-22-13-9-10-14-24(22)30)28(34)20-33(40(4,36)37)23-15-16-26(38-2)27(18-23)39-3/h6-16,18,25H,5,17,19-20H2,1-4H3,(H,31,35)/t25-/m1/s1. The normalized spacial score (nSPS) is 11.8. The second kappa shape index (κ2) is 14.0. The number of sulfonamides is 1. The van der Waals surface area contributed by atoms with Gasteiger partial charge in [0.1, 0.15) is 12.6 Å². The number of likely N-dealkylation sites (N-methyl/N-ethyl adjacent to an activating group) is 1. The van der Waals surface area contributed by atoms with Crippen molar-refractivity contribution < 1.29 is 27.5 Å². The van der Waals surface area contributed by atoms with Crippen molar-refractivity contribution in [3.05, 3.63) is 88.9 Å². The Hall–Kier alpha value is -3.76. The lowest BCUT2D eigenvalue weighted by Crippen LogP contribution is -2.53. The first-order valence-corrected chi connectivity index (χ1v) is 14.9. The molecule has 1 N–H and O–H groups in total. The molecule has 0 aliphatic heterocycles. The van der Waals surface area contributed by atoms with Crippen molar-refractivity contribution in [2.45, 2.75) is 25.9 Å². The van der Waals surface area contributed by atoms with Crippen LogP contribution in [-0.2, 0) is 32.6 Å². The smallest absolute Gasteiger partial charge is 0.244 e. The molecule has 0 saturated heterocycles. The van der Waals surface area contributed by atoms with Gasteiger partial charge in [0, 0.05) is 30.6 Å². The lowest BCUT2D eigenvalue weighted by atomic mass is 10.0. The summed E-state index contributed by atoms with van der Waals surface area (Å²) in [7, 11) is -1.02. The molecule has 2 amide bonds. The van der Waals surface area contributed by atoms with E-state index in [1.54, 1.807) is 37.3 Å². The summed E-state index contributed by atoms with van der Waals surface area (Å²) in [6.45, 7) is 1.60. The molecule has 0 radical (unpaired) electrons. The van der Waals surface area contributed by atoms with Crippen LogP contribution in [0, 0.1) is 0 Å². The minimum absolute atomic E-state index is 0.00330. The number of amides is 2. The Bertz CT molecular complexity index is 1420. The molecule has 3 aromatic rings. The minimum Gasteiger partial charge on any atom is -0.493 e. The number of methoxy groups -OCH3 is 2. The van der Waals surface area contributed by atoms with Gasteiger partial charge >= 0.3 is 0 Å². The molecular weight excluding hydrogens is 554 g/mol. The number of halogens is 1. The number of nitrogens with zero attached hydrogens (tertiary/aromatic N) is 2. The van der Waals surface area contributed by atoms with E-state index >= 15 is 0 Å². The molecule has 3 aromatic carbocycles. The largest absolute Gasteiger partial charge is 0.493 e. The van der Waals surface area contributed by atoms with Crippen LogP contribution in [0.25, 0.3) is 0 Å². The first kappa shape index (κ1) is 30.8. The molecule has 214 valence electrons. The molecule has 0 heterocycles. The molecule has 0 fully saturated rings. The van der Waals surface area contributed by atoms with Crippen LogP contribution in [0.1, 0.15) is 18.1 Å². The van der Waals surface area contributed by atoms with Crippen LogP contribution in [0.3, 0.4) is 0 Å². The fourth-order valence-corrected chi connectivity index (χ4v) is 5.29. The van der Waals surface area contributed by atoms with Crippen LogP contribution >= 0.6 is 11.6 Å². The lowest BCUT2D eigenvalue weighted by Gasteiger charge is -2.33. The van der Waals surface area contributed by atoms with Gasteiger partial charge in [0.15, 0.2) is 11.5 Å². The highest BCUT2D eigenvalue weighted by atomic mass is 35.5. The summed E-state index contributed by atoms with van der Waals surface area (Å²) in [5.41, 5.74) is 1.68. The fourth-order valence-electron chi connectivity index (χ4n) is 4.25. The Morgan fingerprint density at radius 3 is 2.20 bits per heavy atom. The Labute approximate surface area is 240 Å². The molecular formula is C29H34ClN3O6S. The van der Waals surface area contributed by atoms with Crippen molar-refractivity contribution in [2.75, 3.05) is 37.9 Å². The molecule has 0 aromatic heterocycles. The number of rotatable bonds is 13. The zero-order chi connectivity index (χ0) is 29.3. The summed E-state index contributed by atoms with van der Waals surface area (Å²) in [6.07, 6.45) is 1.23. The van der Waals surface area contributed by atoms with Crippen LogP contribution < -0.4 is 19.1 Å². The Morgan fingerprint density at radius 2 is 1.60 bits per heavy atom. The van der Waals surface area contributed by atoms with Gasteiger partial charge in [-0.1, -0.05) is 60.1 Å². The molecule has 0 unspecified atom stereocenters. The summed E-state index contributed by atoms with van der Waals surface area (Å²) in [5.74, 6) is -0.222. The zero-order valence-electron chi connectivity index (χ0n) is 23.0. The quantitative estimate of drug-likeness (QED) is 0.325. The van der Waals surface area contributed by atoms with Crippen molar-refractivity contribution in [2.24, 2.45) is 0 Å². The van der Waals surface area contributed by atoms with E-state index in [-0.39, 0.29) is 24.6 Å².